The second-order valence-electron chi connectivity index (χ2n) is 5.10. The van der Waals surface area contributed by atoms with Crippen LogP contribution in [0.1, 0.15) is 0 Å². The van der Waals surface area contributed by atoms with Gasteiger partial charge < -0.3 is 0 Å². The number of fused-ring (bicyclic) bond motifs is 1. The SMILES string of the molecule is O=c1[nH]c2nnc(-c3ccccc3)nc2c(=O)n1-c1ccccc1. The van der Waals surface area contributed by atoms with Crippen molar-refractivity contribution in [3.8, 4) is 17.1 Å². The minimum Gasteiger partial charge on any atom is -0.288 e. The fourth-order valence-corrected chi connectivity index (χ4v) is 2.44. The van der Waals surface area contributed by atoms with Crippen molar-refractivity contribution in [3.63, 3.8) is 0 Å². The lowest BCUT2D eigenvalue weighted by Gasteiger charge is -2.06. The quantitative estimate of drug-likeness (QED) is 0.605. The number of rotatable bonds is 2. The van der Waals surface area contributed by atoms with E-state index in [0.29, 0.717) is 11.5 Å². The molecule has 2 aromatic carbocycles. The molecule has 2 aromatic heterocycles. The first-order valence-electron chi connectivity index (χ1n) is 7.24. The average Bonchev–Trinajstić information content (AvgIpc) is 2.63. The molecule has 7 nitrogen and oxygen atoms in total. The smallest absolute Gasteiger partial charge is 0.288 e. The van der Waals surface area contributed by atoms with Crippen molar-refractivity contribution in [2.24, 2.45) is 0 Å². The lowest BCUT2D eigenvalue weighted by Crippen LogP contribution is -2.34. The molecule has 0 aliphatic heterocycles. The van der Waals surface area contributed by atoms with Gasteiger partial charge in [-0.15, -0.1) is 10.2 Å². The number of aromatic nitrogens is 5. The van der Waals surface area contributed by atoms with Gasteiger partial charge in [0.25, 0.3) is 5.56 Å². The first-order chi connectivity index (χ1) is 11.7. The topological polar surface area (TPSA) is 93.5 Å². The number of nitrogens with zero attached hydrogens (tertiary/aromatic N) is 4. The monoisotopic (exact) mass is 317 g/mol. The van der Waals surface area contributed by atoms with Gasteiger partial charge in [-0.1, -0.05) is 48.5 Å². The molecule has 0 unspecified atom stereocenters. The van der Waals surface area contributed by atoms with Crippen molar-refractivity contribution >= 4 is 11.2 Å². The van der Waals surface area contributed by atoms with Gasteiger partial charge in [0, 0.05) is 5.56 Å². The van der Waals surface area contributed by atoms with Crippen LogP contribution in [0.3, 0.4) is 0 Å². The second kappa shape index (κ2) is 5.54. The highest BCUT2D eigenvalue weighted by Crippen LogP contribution is 2.13. The Labute approximate surface area is 135 Å². The molecule has 0 saturated heterocycles. The number of H-pyrrole nitrogens is 1. The summed E-state index contributed by atoms with van der Waals surface area (Å²) in [7, 11) is 0. The van der Waals surface area contributed by atoms with Gasteiger partial charge in [0.1, 0.15) is 0 Å². The first-order valence-corrected chi connectivity index (χ1v) is 7.24. The molecule has 0 aliphatic rings. The van der Waals surface area contributed by atoms with E-state index in [1.165, 1.54) is 0 Å². The summed E-state index contributed by atoms with van der Waals surface area (Å²) in [5.74, 6) is 0.326. The Morgan fingerprint density at radius 3 is 2.21 bits per heavy atom. The van der Waals surface area contributed by atoms with Crippen LogP contribution in [0, 0.1) is 0 Å². The number of para-hydroxylation sites is 1. The molecule has 116 valence electrons. The Hall–Kier alpha value is -3.61. The fraction of sp³-hybridized carbons (Fsp3) is 0. The Morgan fingerprint density at radius 2 is 1.50 bits per heavy atom. The molecule has 1 N–H and O–H groups in total. The Morgan fingerprint density at radius 1 is 0.833 bits per heavy atom. The van der Waals surface area contributed by atoms with Gasteiger partial charge in [-0.3, -0.25) is 9.78 Å². The molecule has 0 atom stereocenters. The van der Waals surface area contributed by atoms with Crippen LogP contribution in [-0.4, -0.2) is 24.7 Å². The average molecular weight is 317 g/mol. The van der Waals surface area contributed by atoms with Gasteiger partial charge in [0.2, 0.25) is 0 Å². The standard InChI is InChI=1S/C17H11N5O2/c23-16-13-15(19-17(24)22(16)12-9-5-2-6-10-12)21-20-14(18-13)11-7-3-1-4-8-11/h1-10H,(H,19,21,24). The lowest BCUT2D eigenvalue weighted by molar-refractivity contribution is 0.873. The molecule has 0 fully saturated rings. The molecule has 2 heterocycles. The summed E-state index contributed by atoms with van der Waals surface area (Å²) in [6, 6.07) is 17.9. The Balaban J connectivity index is 2.01. The molecular formula is C17H11N5O2. The van der Waals surface area contributed by atoms with Crippen molar-refractivity contribution in [2.45, 2.75) is 0 Å². The van der Waals surface area contributed by atoms with Gasteiger partial charge >= 0.3 is 5.69 Å². The summed E-state index contributed by atoms with van der Waals surface area (Å²) < 4.78 is 1.03. The van der Waals surface area contributed by atoms with Gasteiger partial charge in [-0.2, -0.15) is 0 Å². The summed E-state index contributed by atoms with van der Waals surface area (Å²) in [5.41, 5.74) is 0.216. The summed E-state index contributed by atoms with van der Waals surface area (Å²) in [5, 5.41) is 7.91. The molecule has 0 radical (unpaired) electrons. The van der Waals surface area contributed by atoms with E-state index in [1.807, 2.05) is 30.3 Å². The molecule has 7 heteroatoms. The number of hydrogen-bond donors (Lipinski definition) is 1. The summed E-state index contributed by atoms with van der Waals surface area (Å²) in [6.45, 7) is 0. The third kappa shape index (κ3) is 2.28. The highest BCUT2D eigenvalue weighted by Gasteiger charge is 2.13. The van der Waals surface area contributed by atoms with E-state index in [-0.39, 0.29) is 11.2 Å². The number of benzene rings is 2. The maximum atomic E-state index is 12.7. The van der Waals surface area contributed by atoms with Gasteiger partial charge in [-0.05, 0) is 12.1 Å². The van der Waals surface area contributed by atoms with E-state index in [0.717, 1.165) is 10.1 Å². The van der Waals surface area contributed by atoms with Gasteiger partial charge in [0.05, 0.1) is 5.69 Å². The van der Waals surface area contributed by atoms with Crippen LogP contribution in [0.25, 0.3) is 28.2 Å². The summed E-state index contributed by atoms with van der Waals surface area (Å²) in [6.07, 6.45) is 0. The van der Waals surface area contributed by atoms with Crippen LogP contribution >= 0.6 is 0 Å². The molecule has 0 amide bonds. The maximum Gasteiger partial charge on any atom is 0.334 e. The maximum absolute atomic E-state index is 12.7. The molecule has 0 spiro atoms. The zero-order valence-electron chi connectivity index (χ0n) is 12.4. The van der Waals surface area contributed by atoms with E-state index < -0.39 is 11.2 Å². The van der Waals surface area contributed by atoms with Crippen LogP contribution in [0.15, 0.2) is 70.3 Å². The first kappa shape index (κ1) is 14.0. The normalized spacial score (nSPS) is 10.8. The molecule has 4 rings (SSSR count). The Kier molecular flexibility index (Phi) is 3.24. The van der Waals surface area contributed by atoms with Gasteiger partial charge in [0.15, 0.2) is 17.0 Å². The zero-order valence-corrected chi connectivity index (χ0v) is 12.4. The zero-order chi connectivity index (χ0) is 16.5. The highest BCUT2D eigenvalue weighted by molar-refractivity contribution is 5.70. The molecule has 4 aromatic rings. The van der Waals surface area contributed by atoms with E-state index in [9.17, 15) is 9.59 Å². The number of nitrogens with one attached hydrogen (secondary N) is 1. The van der Waals surface area contributed by atoms with Gasteiger partial charge in [-0.25, -0.2) is 14.3 Å². The summed E-state index contributed by atoms with van der Waals surface area (Å²) in [4.78, 5) is 31.8. The van der Waals surface area contributed by atoms with Crippen molar-refractivity contribution in [3.05, 3.63) is 81.5 Å². The van der Waals surface area contributed by atoms with E-state index in [2.05, 4.69) is 20.2 Å². The van der Waals surface area contributed by atoms with Crippen molar-refractivity contribution in [2.75, 3.05) is 0 Å². The predicted octanol–water partition coefficient (Wildman–Crippen LogP) is 1.53. The molecule has 24 heavy (non-hydrogen) atoms. The summed E-state index contributed by atoms with van der Waals surface area (Å²) >= 11 is 0. The highest BCUT2D eigenvalue weighted by atomic mass is 16.2. The van der Waals surface area contributed by atoms with Crippen LogP contribution in [-0.2, 0) is 0 Å². The minimum absolute atomic E-state index is 0.0623. The van der Waals surface area contributed by atoms with E-state index in [1.54, 1.807) is 30.3 Å². The van der Waals surface area contributed by atoms with Crippen LogP contribution in [0.4, 0.5) is 0 Å². The number of hydrogen-bond acceptors (Lipinski definition) is 5. The molecular weight excluding hydrogens is 306 g/mol. The third-order valence-electron chi connectivity index (χ3n) is 3.57. The van der Waals surface area contributed by atoms with E-state index >= 15 is 0 Å². The molecule has 0 aliphatic carbocycles. The second-order valence-corrected chi connectivity index (χ2v) is 5.10. The lowest BCUT2D eigenvalue weighted by atomic mass is 10.2. The minimum atomic E-state index is -0.581. The molecule has 0 bridgehead atoms. The third-order valence-corrected chi connectivity index (χ3v) is 3.57. The van der Waals surface area contributed by atoms with Crippen LogP contribution in [0.5, 0.6) is 0 Å². The Bertz CT molecular complexity index is 1130. The predicted molar refractivity (Wildman–Crippen MR) is 89.0 cm³/mol. The number of aromatic amines is 1. The van der Waals surface area contributed by atoms with Crippen molar-refractivity contribution in [1.82, 2.24) is 24.7 Å². The van der Waals surface area contributed by atoms with Crippen molar-refractivity contribution in [1.29, 1.82) is 0 Å². The van der Waals surface area contributed by atoms with Crippen LogP contribution in [0.2, 0.25) is 0 Å². The largest absolute Gasteiger partial charge is 0.334 e. The van der Waals surface area contributed by atoms with Crippen molar-refractivity contribution < 1.29 is 0 Å². The fourth-order valence-electron chi connectivity index (χ4n) is 2.44. The van der Waals surface area contributed by atoms with E-state index in [4.69, 9.17) is 0 Å². The van der Waals surface area contributed by atoms with Crippen LogP contribution < -0.4 is 11.2 Å². The molecule has 0 saturated carbocycles.